The molecule has 6 heteroatoms. The van der Waals surface area contributed by atoms with E-state index in [4.69, 9.17) is 0 Å². The van der Waals surface area contributed by atoms with Gasteiger partial charge in [-0.3, -0.25) is 9.55 Å². The van der Waals surface area contributed by atoms with Gasteiger partial charge in [-0.15, -0.1) is 5.10 Å². The van der Waals surface area contributed by atoms with Crippen LogP contribution in [0.2, 0.25) is 0 Å². The van der Waals surface area contributed by atoms with Gasteiger partial charge in [0.15, 0.2) is 5.82 Å². The predicted octanol–water partition coefficient (Wildman–Crippen LogP) is 2.87. The Bertz CT molecular complexity index is 948. The number of rotatable bonds is 5. The average molecular weight is 316 g/mol. The minimum Gasteiger partial charge on any atom is -0.383 e. The Morgan fingerprint density at radius 1 is 1.04 bits per heavy atom. The molecule has 118 valence electrons. The molecular weight excluding hydrogens is 300 g/mol. The molecule has 0 aliphatic rings. The molecule has 0 radical (unpaired) electrons. The van der Waals surface area contributed by atoms with Crippen molar-refractivity contribution in [3.8, 4) is 5.82 Å². The smallest absolute Gasteiger partial charge is 0.163 e. The highest BCUT2D eigenvalue weighted by Crippen LogP contribution is 2.17. The molecule has 0 saturated carbocycles. The van der Waals surface area contributed by atoms with Crippen LogP contribution in [0.15, 0.2) is 67.4 Å². The lowest BCUT2D eigenvalue weighted by atomic mass is 10.2. The van der Waals surface area contributed by atoms with Crippen LogP contribution >= 0.6 is 0 Å². The molecule has 1 aromatic carbocycles. The van der Waals surface area contributed by atoms with Crippen LogP contribution in [0.3, 0.4) is 0 Å². The maximum atomic E-state index is 4.40. The van der Waals surface area contributed by atoms with Crippen molar-refractivity contribution in [3.63, 3.8) is 0 Å². The largest absolute Gasteiger partial charge is 0.383 e. The number of nitrogens with one attached hydrogen (secondary N) is 1. The summed E-state index contributed by atoms with van der Waals surface area (Å²) in [7, 11) is 0. The Morgan fingerprint density at radius 3 is 2.83 bits per heavy atom. The third-order valence-corrected chi connectivity index (χ3v) is 3.83. The topological polar surface area (TPSA) is 68.5 Å². The molecule has 0 aliphatic heterocycles. The second kappa shape index (κ2) is 6.45. The first-order chi connectivity index (χ1) is 11.9. The standard InChI is InChI=1S/C18H16N6/c1-2-4-17-16(3-1)21-13-24(17)18-11-15(12-22-23-18)20-10-7-14-5-8-19-9-6-14/h1-6,8-9,11-13H,7,10H2,(H,20,23). The highest BCUT2D eigenvalue weighted by atomic mass is 15.2. The monoisotopic (exact) mass is 316 g/mol. The zero-order valence-electron chi connectivity index (χ0n) is 13.0. The molecule has 0 saturated heterocycles. The fourth-order valence-corrected chi connectivity index (χ4v) is 2.61. The Morgan fingerprint density at radius 2 is 1.92 bits per heavy atom. The van der Waals surface area contributed by atoms with Gasteiger partial charge in [0.1, 0.15) is 6.33 Å². The van der Waals surface area contributed by atoms with Crippen LogP contribution in [0.25, 0.3) is 16.9 Å². The van der Waals surface area contributed by atoms with E-state index in [-0.39, 0.29) is 0 Å². The van der Waals surface area contributed by atoms with Crippen molar-refractivity contribution < 1.29 is 0 Å². The van der Waals surface area contributed by atoms with E-state index in [1.165, 1.54) is 5.56 Å². The van der Waals surface area contributed by atoms with Crippen molar-refractivity contribution in [2.75, 3.05) is 11.9 Å². The second-order valence-corrected chi connectivity index (χ2v) is 5.44. The number of hydrogen-bond donors (Lipinski definition) is 1. The summed E-state index contributed by atoms with van der Waals surface area (Å²) in [5.74, 6) is 0.748. The summed E-state index contributed by atoms with van der Waals surface area (Å²) < 4.78 is 1.94. The van der Waals surface area contributed by atoms with Crippen LogP contribution < -0.4 is 5.32 Å². The van der Waals surface area contributed by atoms with E-state index in [9.17, 15) is 0 Å². The zero-order valence-corrected chi connectivity index (χ0v) is 13.0. The van der Waals surface area contributed by atoms with Gasteiger partial charge in [-0.1, -0.05) is 12.1 Å². The van der Waals surface area contributed by atoms with Crippen molar-refractivity contribution >= 4 is 16.7 Å². The Kier molecular flexibility index (Phi) is 3.85. The molecule has 0 spiro atoms. The van der Waals surface area contributed by atoms with E-state index in [0.717, 1.165) is 35.5 Å². The summed E-state index contributed by atoms with van der Waals surface area (Å²) in [5, 5.41) is 11.7. The highest BCUT2D eigenvalue weighted by molar-refractivity contribution is 5.76. The number of benzene rings is 1. The van der Waals surface area contributed by atoms with Crippen molar-refractivity contribution in [1.29, 1.82) is 0 Å². The SMILES string of the molecule is c1ccc2c(c1)ncn2-c1cc(NCCc2ccncc2)cnn1. The predicted molar refractivity (Wildman–Crippen MR) is 93.1 cm³/mol. The molecule has 0 fully saturated rings. The minimum absolute atomic E-state index is 0.748. The molecule has 0 unspecified atom stereocenters. The maximum absolute atomic E-state index is 4.40. The van der Waals surface area contributed by atoms with E-state index in [1.807, 2.05) is 59.4 Å². The van der Waals surface area contributed by atoms with Gasteiger partial charge in [0.2, 0.25) is 0 Å². The molecule has 3 heterocycles. The van der Waals surface area contributed by atoms with E-state index in [2.05, 4.69) is 25.5 Å². The molecule has 4 rings (SSSR count). The van der Waals surface area contributed by atoms with Crippen LogP contribution in [-0.2, 0) is 6.42 Å². The van der Waals surface area contributed by atoms with Crippen molar-refractivity contribution in [2.24, 2.45) is 0 Å². The van der Waals surface area contributed by atoms with Crippen LogP contribution in [0.1, 0.15) is 5.56 Å². The summed E-state index contributed by atoms with van der Waals surface area (Å²) in [6.07, 6.45) is 8.05. The first-order valence-electron chi connectivity index (χ1n) is 7.78. The van der Waals surface area contributed by atoms with Gasteiger partial charge >= 0.3 is 0 Å². The zero-order chi connectivity index (χ0) is 16.2. The second-order valence-electron chi connectivity index (χ2n) is 5.44. The van der Waals surface area contributed by atoms with E-state index < -0.39 is 0 Å². The van der Waals surface area contributed by atoms with Crippen molar-refractivity contribution in [2.45, 2.75) is 6.42 Å². The average Bonchev–Trinajstić information content (AvgIpc) is 3.07. The number of imidazole rings is 1. The molecule has 4 aromatic rings. The molecule has 0 amide bonds. The molecule has 0 aliphatic carbocycles. The van der Waals surface area contributed by atoms with Crippen LogP contribution in [-0.4, -0.2) is 31.3 Å². The van der Waals surface area contributed by atoms with Crippen molar-refractivity contribution in [1.82, 2.24) is 24.7 Å². The maximum Gasteiger partial charge on any atom is 0.163 e. The number of pyridine rings is 1. The number of aromatic nitrogens is 5. The van der Waals surface area contributed by atoms with Crippen LogP contribution in [0.5, 0.6) is 0 Å². The summed E-state index contributed by atoms with van der Waals surface area (Å²) in [4.78, 5) is 8.42. The first kappa shape index (κ1) is 14.3. The lowest BCUT2D eigenvalue weighted by Gasteiger charge is -2.08. The van der Waals surface area contributed by atoms with Gasteiger partial charge in [-0.25, -0.2) is 4.98 Å². The lowest BCUT2D eigenvalue weighted by Crippen LogP contribution is -2.07. The molecule has 24 heavy (non-hydrogen) atoms. The molecule has 1 N–H and O–H groups in total. The first-order valence-corrected chi connectivity index (χ1v) is 7.78. The van der Waals surface area contributed by atoms with Crippen LogP contribution in [0.4, 0.5) is 5.69 Å². The van der Waals surface area contributed by atoms with Gasteiger partial charge < -0.3 is 5.32 Å². The minimum atomic E-state index is 0.748. The summed E-state index contributed by atoms with van der Waals surface area (Å²) in [6, 6.07) is 14.0. The number of anilines is 1. The lowest BCUT2D eigenvalue weighted by molar-refractivity contribution is 0.922. The number of para-hydroxylation sites is 2. The Balaban J connectivity index is 1.51. The summed E-state index contributed by atoms with van der Waals surface area (Å²) in [5.41, 5.74) is 4.14. The summed E-state index contributed by atoms with van der Waals surface area (Å²) in [6.45, 7) is 0.819. The normalized spacial score (nSPS) is 10.8. The van der Waals surface area contributed by atoms with Gasteiger partial charge in [0.05, 0.1) is 22.9 Å². The number of hydrogen-bond acceptors (Lipinski definition) is 5. The third kappa shape index (κ3) is 2.94. The number of fused-ring (bicyclic) bond motifs is 1. The molecular formula is C18H16N6. The van der Waals surface area contributed by atoms with Gasteiger partial charge in [0.25, 0.3) is 0 Å². The summed E-state index contributed by atoms with van der Waals surface area (Å²) >= 11 is 0. The van der Waals surface area contributed by atoms with Crippen molar-refractivity contribution in [3.05, 3.63) is 72.9 Å². The Labute approximate surface area is 139 Å². The fraction of sp³-hybridized carbons (Fsp3) is 0.111. The number of nitrogens with zero attached hydrogens (tertiary/aromatic N) is 5. The van der Waals surface area contributed by atoms with E-state index in [0.29, 0.717) is 0 Å². The molecule has 6 nitrogen and oxygen atoms in total. The van der Waals surface area contributed by atoms with Crippen LogP contribution in [0, 0.1) is 0 Å². The van der Waals surface area contributed by atoms with E-state index in [1.54, 1.807) is 12.5 Å². The van der Waals surface area contributed by atoms with Gasteiger partial charge in [-0.05, 0) is 36.2 Å². The quantitative estimate of drug-likeness (QED) is 0.613. The molecule has 0 bridgehead atoms. The van der Waals surface area contributed by atoms with Gasteiger partial charge in [0, 0.05) is 25.0 Å². The highest BCUT2D eigenvalue weighted by Gasteiger charge is 2.06. The van der Waals surface area contributed by atoms with E-state index >= 15 is 0 Å². The molecule has 3 aromatic heterocycles. The van der Waals surface area contributed by atoms with Gasteiger partial charge in [-0.2, -0.15) is 5.10 Å². The molecule has 0 atom stereocenters. The Hall–Kier alpha value is -3.28. The fourth-order valence-electron chi connectivity index (χ4n) is 2.61. The third-order valence-electron chi connectivity index (χ3n) is 3.83.